The van der Waals surface area contributed by atoms with E-state index in [4.69, 9.17) is 0 Å². The molecule has 0 aromatic carbocycles. The van der Waals surface area contributed by atoms with Gasteiger partial charge in [-0.1, -0.05) is 19.0 Å². The van der Waals surface area contributed by atoms with Crippen LogP contribution in [-0.2, 0) is 0 Å². The van der Waals surface area contributed by atoms with Gasteiger partial charge in [0.15, 0.2) is 6.29 Å². The average Bonchev–Trinajstić information content (AvgIpc) is 2.33. The van der Waals surface area contributed by atoms with E-state index in [0.29, 0.717) is 17.9 Å². The van der Waals surface area contributed by atoms with Crippen LogP contribution in [0, 0.1) is 0 Å². The molecule has 0 unspecified atom stereocenters. The minimum Gasteiger partial charge on any atom is -0.364 e. The summed E-state index contributed by atoms with van der Waals surface area (Å²) < 4.78 is 4.62. The zero-order valence-corrected chi connectivity index (χ0v) is 6.00. The summed E-state index contributed by atoms with van der Waals surface area (Å²) in [6, 6.07) is 0. The number of hydrogen-bond donors (Lipinski definition) is 0. The van der Waals surface area contributed by atoms with Crippen LogP contribution in [0.4, 0.5) is 0 Å². The highest BCUT2D eigenvalue weighted by molar-refractivity contribution is 5.73. The summed E-state index contributed by atoms with van der Waals surface area (Å²) in [6.07, 6.45) is 2.22. The first-order valence-electron chi connectivity index (χ1n) is 3.15. The summed E-state index contributed by atoms with van der Waals surface area (Å²) in [6.45, 7) is 3.97. The molecule has 0 spiro atoms. The van der Waals surface area contributed by atoms with Crippen molar-refractivity contribution in [2.24, 2.45) is 0 Å². The fourth-order valence-corrected chi connectivity index (χ4v) is 0.774. The molecule has 1 rings (SSSR count). The van der Waals surface area contributed by atoms with Crippen molar-refractivity contribution in [3.8, 4) is 0 Å². The van der Waals surface area contributed by atoms with Crippen LogP contribution in [0.3, 0.4) is 0 Å². The van der Waals surface area contributed by atoms with Gasteiger partial charge >= 0.3 is 0 Å². The molecule has 0 N–H and O–H groups in total. The first-order valence-corrected chi connectivity index (χ1v) is 3.15. The molecule has 0 aliphatic heterocycles. The second kappa shape index (κ2) is 2.64. The van der Waals surface area contributed by atoms with Crippen LogP contribution in [-0.4, -0.2) is 11.4 Å². The van der Waals surface area contributed by atoms with Crippen LogP contribution in [0.15, 0.2) is 10.8 Å². The molecule has 0 aliphatic rings. The van der Waals surface area contributed by atoms with Crippen molar-refractivity contribution in [2.45, 2.75) is 19.8 Å². The summed E-state index contributed by atoms with van der Waals surface area (Å²) in [4.78, 5) is 10.3. The van der Waals surface area contributed by atoms with Gasteiger partial charge in [-0.15, -0.1) is 0 Å². The number of carbonyl (C=O) groups is 1. The van der Waals surface area contributed by atoms with Gasteiger partial charge in [0, 0.05) is 5.56 Å². The Morgan fingerprint density at radius 1 is 1.70 bits per heavy atom. The first-order chi connectivity index (χ1) is 4.75. The van der Waals surface area contributed by atoms with E-state index in [1.165, 1.54) is 6.26 Å². The number of rotatable bonds is 2. The van der Waals surface area contributed by atoms with Gasteiger partial charge < -0.3 is 4.52 Å². The Bertz CT molecular complexity index is 227. The van der Waals surface area contributed by atoms with Crippen molar-refractivity contribution < 1.29 is 9.32 Å². The van der Waals surface area contributed by atoms with Crippen LogP contribution >= 0.6 is 0 Å². The highest BCUT2D eigenvalue weighted by Gasteiger charge is 2.08. The normalized spacial score (nSPS) is 10.3. The van der Waals surface area contributed by atoms with E-state index in [2.05, 4.69) is 9.68 Å². The number of aromatic nitrogens is 1. The summed E-state index contributed by atoms with van der Waals surface area (Å²) in [5, 5.41) is 3.51. The van der Waals surface area contributed by atoms with Crippen LogP contribution in [0.2, 0.25) is 0 Å². The Hall–Kier alpha value is -1.12. The second-order valence-electron chi connectivity index (χ2n) is 2.43. The number of carbonyl (C=O) groups excluding carboxylic acids is 1. The van der Waals surface area contributed by atoms with E-state index in [-0.39, 0.29) is 0 Å². The third kappa shape index (κ3) is 1.07. The maximum Gasteiger partial charge on any atom is 0.172 e. The van der Waals surface area contributed by atoms with Gasteiger partial charge in [-0.3, -0.25) is 4.79 Å². The lowest BCUT2D eigenvalue weighted by atomic mass is 10.1. The molecular formula is C7H9NO2. The van der Waals surface area contributed by atoms with Crippen LogP contribution in [0.5, 0.6) is 0 Å². The van der Waals surface area contributed by atoms with Crippen molar-refractivity contribution >= 4 is 6.29 Å². The Morgan fingerprint density at radius 2 is 2.40 bits per heavy atom. The summed E-state index contributed by atoms with van der Waals surface area (Å²) in [7, 11) is 0. The molecule has 54 valence electrons. The van der Waals surface area contributed by atoms with Crippen molar-refractivity contribution in [3.63, 3.8) is 0 Å². The monoisotopic (exact) mass is 139 g/mol. The molecule has 0 amide bonds. The SMILES string of the molecule is CC(C)c1conc1C=O. The van der Waals surface area contributed by atoms with E-state index >= 15 is 0 Å². The van der Waals surface area contributed by atoms with Gasteiger partial charge in [0.25, 0.3) is 0 Å². The van der Waals surface area contributed by atoms with Gasteiger partial charge in [-0.25, -0.2) is 0 Å². The minimum atomic E-state index is 0.298. The maximum atomic E-state index is 10.3. The predicted octanol–water partition coefficient (Wildman–Crippen LogP) is 1.61. The third-order valence-corrected chi connectivity index (χ3v) is 1.36. The molecule has 3 heteroatoms. The Kier molecular flexibility index (Phi) is 1.85. The molecule has 1 aromatic heterocycles. The van der Waals surface area contributed by atoms with Gasteiger partial charge in [0.2, 0.25) is 0 Å². The third-order valence-electron chi connectivity index (χ3n) is 1.36. The zero-order chi connectivity index (χ0) is 7.56. The molecule has 0 radical (unpaired) electrons. The number of aldehydes is 1. The van der Waals surface area contributed by atoms with E-state index in [9.17, 15) is 4.79 Å². The molecule has 1 aromatic rings. The zero-order valence-electron chi connectivity index (χ0n) is 6.00. The molecule has 0 bridgehead atoms. The highest BCUT2D eigenvalue weighted by atomic mass is 16.5. The molecule has 0 aliphatic carbocycles. The summed E-state index contributed by atoms with van der Waals surface area (Å²) in [5.74, 6) is 0.298. The lowest BCUT2D eigenvalue weighted by molar-refractivity contribution is 0.111. The summed E-state index contributed by atoms with van der Waals surface area (Å²) in [5.41, 5.74) is 1.28. The van der Waals surface area contributed by atoms with E-state index < -0.39 is 0 Å². The van der Waals surface area contributed by atoms with Crippen molar-refractivity contribution in [1.82, 2.24) is 5.16 Å². The highest BCUT2D eigenvalue weighted by Crippen LogP contribution is 2.15. The molecule has 0 atom stereocenters. The molecule has 1 heterocycles. The molecule has 0 saturated carbocycles. The largest absolute Gasteiger partial charge is 0.364 e. The van der Waals surface area contributed by atoms with Crippen LogP contribution in [0.1, 0.15) is 35.8 Å². The summed E-state index contributed by atoms with van der Waals surface area (Å²) >= 11 is 0. The van der Waals surface area contributed by atoms with Crippen LogP contribution in [0.25, 0.3) is 0 Å². The Balaban J connectivity index is 3.01. The smallest absolute Gasteiger partial charge is 0.172 e. The molecule has 0 fully saturated rings. The molecular weight excluding hydrogens is 130 g/mol. The topological polar surface area (TPSA) is 43.1 Å². The lowest BCUT2D eigenvalue weighted by Crippen LogP contribution is -1.90. The van der Waals surface area contributed by atoms with Crippen molar-refractivity contribution in [3.05, 3.63) is 17.5 Å². The quantitative estimate of drug-likeness (QED) is 0.584. The van der Waals surface area contributed by atoms with E-state index in [0.717, 1.165) is 5.56 Å². The maximum absolute atomic E-state index is 10.3. The van der Waals surface area contributed by atoms with E-state index in [1.54, 1.807) is 0 Å². The van der Waals surface area contributed by atoms with Gasteiger partial charge in [0.05, 0.1) is 0 Å². The lowest BCUT2D eigenvalue weighted by Gasteiger charge is -1.96. The fraction of sp³-hybridized carbons (Fsp3) is 0.429. The van der Waals surface area contributed by atoms with Crippen molar-refractivity contribution in [2.75, 3.05) is 0 Å². The predicted molar refractivity (Wildman–Crippen MR) is 36.0 cm³/mol. The van der Waals surface area contributed by atoms with Crippen molar-refractivity contribution in [1.29, 1.82) is 0 Å². The minimum absolute atomic E-state index is 0.298. The average molecular weight is 139 g/mol. The second-order valence-corrected chi connectivity index (χ2v) is 2.43. The number of nitrogens with zero attached hydrogens (tertiary/aromatic N) is 1. The van der Waals surface area contributed by atoms with Crippen LogP contribution < -0.4 is 0 Å². The first kappa shape index (κ1) is 6.99. The fourth-order valence-electron chi connectivity index (χ4n) is 0.774. The molecule has 3 nitrogen and oxygen atoms in total. The standard InChI is InChI=1S/C7H9NO2/c1-5(2)6-4-10-8-7(6)3-9/h3-5H,1-2H3. The Morgan fingerprint density at radius 3 is 2.80 bits per heavy atom. The number of hydrogen-bond acceptors (Lipinski definition) is 3. The molecule has 0 saturated heterocycles. The van der Waals surface area contributed by atoms with Gasteiger partial charge in [-0.05, 0) is 5.92 Å². The van der Waals surface area contributed by atoms with Gasteiger partial charge in [0.1, 0.15) is 12.0 Å². The molecule has 10 heavy (non-hydrogen) atoms. The Labute approximate surface area is 59.0 Å². The van der Waals surface area contributed by atoms with E-state index in [1.807, 2.05) is 13.8 Å². The van der Waals surface area contributed by atoms with Gasteiger partial charge in [-0.2, -0.15) is 0 Å².